The predicted molar refractivity (Wildman–Crippen MR) is 150 cm³/mol. The number of allylic oxidation sites excluding steroid dienone is 2. The molecule has 0 radical (unpaired) electrons. The van der Waals surface area contributed by atoms with E-state index in [9.17, 15) is 19.2 Å². The van der Waals surface area contributed by atoms with Crippen LogP contribution in [0.15, 0.2) is 42.0 Å². The first-order valence-electron chi connectivity index (χ1n) is 14.1. The van der Waals surface area contributed by atoms with Crippen LogP contribution in [0.1, 0.15) is 58.4 Å². The van der Waals surface area contributed by atoms with Crippen LogP contribution in [-0.4, -0.2) is 61.3 Å². The molecule has 41 heavy (non-hydrogen) atoms. The summed E-state index contributed by atoms with van der Waals surface area (Å²) in [5.41, 5.74) is 0.794. The smallest absolute Gasteiger partial charge is 0.316 e. The lowest BCUT2D eigenvalue weighted by Crippen LogP contribution is -2.56. The van der Waals surface area contributed by atoms with Crippen molar-refractivity contribution in [1.82, 2.24) is 10.6 Å². The number of esters is 1. The summed E-state index contributed by atoms with van der Waals surface area (Å²) in [5, 5.41) is 13.9. The highest BCUT2D eigenvalue weighted by Crippen LogP contribution is 2.58. The number of rotatable bonds is 10. The Morgan fingerprint density at radius 2 is 1.90 bits per heavy atom. The first-order chi connectivity index (χ1) is 19.4. The van der Waals surface area contributed by atoms with Gasteiger partial charge in [0, 0.05) is 37.1 Å². The van der Waals surface area contributed by atoms with E-state index in [1.165, 1.54) is 6.08 Å². The minimum atomic E-state index is -1.14. The lowest BCUT2D eigenvalue weighted by Gasteiger charge is -2.53. The lowest BCUT2D eigenvalue weighted by atomic mass is 9.58. The standard InChI is InChI=1S/C31H40N2O8/c1-18-19(7-6-8-25(36)33-17-26(37)32-13-14-34)15-21-23(35)11-12-31(39-5)28(21)27(18)22-16-20(9-10-24(22)41-31)40-29(38)30(2,3)4/h9-12,15-16,18-19,27-28,34H,6-8,13-14,17H2,1-5H3,(H,32,37)(H,33,36). The normalized spacial score (nSPS) is 26.2. The summed E-state index contributed by atoms with van der Waals surface area (Å²) in [6.07, 6.45) is 6.64. The maximum absolute atomic E-state index is 13.2. The quantitative estimate of drug-likeness (QED) is 0.289. The SMILES string of the molecule is COC12C=CC(=O)C3=CC(CCCC(=O)NCC(=O)NCCO)C(C)C(c4cc(OC(=O)C(C)(C)C)ccc4O1)C32. The zero-order valence-corrected chi connectivity index (χ0v) is 24.3. The first-order valence-corrected chi connectivity index (χ1v) is 14.1. The van der Waals surface area contributed by atoms with Gasteiger partial charge in [-0.1, -0.05) is 13.0 Å². The summed E-state index contributed by atoms with van der Waals surface area (Å²) in [5.74, 6) is -1.71. The van der Waals surface area contributed by atoms with Gasteiger partial charge in [-0.25, -0.2) is 0 Å². The topological polar surface area (TPSA) is 140 Å². The van der Waals surface area contributed by atoms with Gasteiger partial charge in [0.1, 0.15) is 11.5 Å². The number of benzene rings is 1. The number of fused-ring (bicyclic) bond motifs is 2. The van der Waals surface area contributed by atoms with E-state index in [1.807, 2.05) is 12.1 Å². The van der Waals surface area contributed by atoms with Gasteiger partial charge in [-0.3, -0.25) is 19.2 Å². The monoisotopic (exact) mass is 568 g/mol. The Bertz CT molecular complexity index is 1260. The van der Waals surface area contributed by atoms with Crippen molar-refractivity contribution >= 4 is 23.6 Å². The van der Waals surface area contributed by atoms with Gasteiger partial charge in [0.05, 0.1) is 24.5 Å². The van der Waals surface area contributed by atoms with E-state index in [0.717, 1.165) is 5.56 Å². The Morgan fingerprint density at radius 1 is 1.15 bits per heavy atom. The molecule has 5 unspecified atom stereocenters. The highest BCUT2D eigenvalue weighted by Gasteiger charge is 2.57. The number of nitrogens with one attached hydrogen (secondary N) is 2. The molecule has 5 atom stereocenters. The molecule has 1 heterocycles. The van der Waals surface area contributed by atoms with Gasteiger partial charge in [-0.15, -0.1) is 0 Å². The van der Waals surface area contributed by atoms with Crippen molar-refractivity contribution in [3.05, 3.63) is 47.6 Å². The fourth-order valence-electron chi connectivity index (χ4n) is 5.89. The van der Waals surface area contributed by atoms with Gasteiger partial charge < -0.3 is 30.0 Å². The lowest BCUT2D eigenvalue weighted by molar-refractivity contribution is -0.179. The van der Waals surface area contributed by atoms with Crippen molar-refractivity contribution in [2.45, 2.75) is 58.7 Å². The summed E-state index contributed by atoms with van der Waals surface area (Å²) in [4.78, 5) is 49.8. The molecule has 0 aromatic heterocycles. The average Bonchev–Trinajstić information content (AvgIpc) is 2.93. The largest absolute Gasteiger partial charge is 0.458 e. The van der Waals surface area contributed by atoms with E-state index < -0.39 is 17.1 Å². The minimum Gasteiger partial charge on any atom is -0.458 e. The highest BCUT2D eigenvalue weighted by molar-refractivity contribution is 6.06. The molecule has 2 amide bonds. The van der Waals surface area contributed by atoms with Crippen LogP contribution in [0.3, 0.4) is 0 Å². The summed E-state index contributed by atoms with van der Waals surface area (Å²) in [6.45, 7) is 7.33. The number of methoxy groups -OCH3 is 1. The molecule has 1 aromatic rings. The fraction of sp³-hybridized carbons (Fsp3) is 0.548. The molecule has 3 N–H and O–H groups in total. The van der Waals surface area contributed by atoms with Crippen molar-refractivity contribution in [1.29, 1.82) is 0 Å². The van der Waals surface area contributed by atoms with Crippen molar-refractivity contribution in [2.24, 2.45) is 23.2 Å². The number of carbonyl (C=O) groups excluding carboxylic acids is 4. The molecule has 0 saturated carbocycles. The summed E-state index contributed by atoms with van der Waals surface area (Å²) < 4.78 is 18.1. The minimum absolute atomic E-state index is 0.0105. The van der Waals surface area contributed by atoms with Gasteiger partial charge in [0.15, 0.2) is 5.78 Å². The Morgan fingerprint density at radius 3 is 2.59 bits per heavy atom. The highest BCUT2D eigenvalue weighted by atomic mass is 16.7. The van der Waals surface area contributed by atoms with Crippen LogP contribution in [0.2, 0.25) is 0 Å². The average molecular weight is 569 g/mol. The van der Waals surface area contributed by atoms with Crippen LogP contribution < -0.4 is 20.1 Å². The molecular weight excluding hydrogens is 528 g/mol. The van der Waals surface area contributed by atoms with E-state index in [1.54, 1.807) is 46.1 Å². The Hall–Kier alpha value is -3.50. The van der Waals surface area contributed by atoms with Gasteiger partial charge in [-0.2, -0.15) is 0 Å². The second-order valence-electron chi connectivity index (χ2n) is 12.0. The zero-order chi connectivity index (χ0) is 29.9. The first kappa shape index (κ1) is 30.5. The fourth-order valence-corrected chi connectivity index (χ4v) is 5.89. The van der Waals surface area contributed by atoms with Crippen LogP contribution in [-0.2, 0) is 23.9 Å². The van der Waals surface area contributed by atoms with E-state index in [0.29, 0.717) is 29.9 Å². The van der Waals surface area contributed by atoms with Crippen molar-refractivity contribution in [3.8, 4) is 11.5 Å². The van der Waals surface area contributed by atoms with Crippen molar-refractivity contribution in [3.63, 3.8) is 0 Å². The summed E-state index contributed by atoms with van der Waals surface area (Å²) >= 11 is 0. The third-order valence-corrected chi connectivity index (χ3v) is 8.09. The zero-order valence-electron chi connectivity index (χ0n) is 24.3. The number of aliphatic hydroxyl groups excluding tert-OH is 1. The third kappa shape index (κ3) is 6.38. The number of ketones is 1. The van der Waals surface area contributed by atoms with E-state index >= 15 is 0 Å². The molecule has 3 aliphatic rings. The molecule has 0 spiro atoms. The molecule has 2 aliphatic carbocycles. The summed E-state index contributed by atoms with van der Waals surface area (Å²) in [6, 6.07) is 5.31. The molecule has 0 bridgehead atoms. The van der Waals surface area contributed by atoms with Crippen LogP contribution in [0.25, 0.3) is 0 Å². The van der Waals surface area contributed by atoms with Gasteiger partial charge >= 0.3 is 5.97 Å². The Labute approximate surface area is 240 Å². The summed E-state index contributed by atoms with van der Waals surface area (Å²) in [7, 11) is 1.57. The van der Waals surface area contributed by atoms with Crippen LogP contribution in [0.4, 0.5) is 0 Å². The number of aliphatic hydroxyl groups is 1. The molecule has 222 valence electrons. The van der Waals surface area contributed by atoms with Gasteiger partial charge in [0.25, 0.3) is 0 Å². The number of carbonyl (C=O) groups is 4. The number of hydrogen-bond donors (Lipinski definition) is 3. The van der Waals surface area contributed by atoms with E-state index in [2.05, 4.69) is 17.6 Å². The van der Waals surface area contributed by atoms with Crippen LogP contribution in [0, 0.1) is 23.2 Å². The Kier molecular flexibility index (Phi) is 9.03. The molecule has 0 saturated heterocycles. The van der Waals surface area contributed by atoms with E-state index in [-0.39, 0.29) is 67.4 Å². The molecule has 4 rings (SSSR count). The Balaban J connectivity index is 1.56. The molecule has 0 fully saturated rings. The molecule has 1 aromatic carbocycles. The van der Waals surface area contributed by atoms with Crippen molar-refractivity contribution < 1.29 is 38.5 Å². The predicted octanol–water partition coefficient (Wildman–Crippen LogP) is 2.80. The number of amides is 2. The molecule has 1 aliphatic heterocycles. The van der Waals surface area contributed by atoms with Crippen molar-refractivity contribution in [2.75, 3.05) is 26.8 Å². The molecule has 10 nitrogen and oxygen atoms in total. The van der Waals surface area contributed by atoms with Gasteiger partial charge in [0.2, 0.25) is 17.6 Å². The van der Waals surface area contributed by atoms with Crippen LogP contribution in [0.5, 0.6) is 11.5 Å². The second-order valence-corrected chi connectivity index (χ2v) is 12.0. The number of ether oxygens (including phenoxy) is 3. The maximum Gasteiger partial charge on any atom is 0.316 e. The van der Waals surface area contributed by atoms with Gasteiger partial charge in [-0.05, 0) is 75.8 Å². The maximum atomic E-state index is 13.2. The van der Waals surface area contributed by atoms with E-state index in [4.69, 9.17) is 19.3 Å². The number of hydrogen-bond acceptors (Lipinski definition) is 8. The molecular formula is C31H40N2O8. The third-order valence-electron chi connectivity index (χ3n) is 8.09. The van der Waals surface area contributed by atoms with Crippen LogP contribution >= 0.6 is 0 Å². The second kappa shape index (κ2) is 12.2. The molecule has 10 heteroatoms.